The second-order valence-corrected chi connectivity index (χ2v) is 4.36. The Bertz CT molecular complexity index is 485. The van der Waals surface area contributed by atoms with E-state index in [0.29, 0.717) is 5.56 Å². The molecule has 0 radical (unpaired) electrons. The molecule has 1 heterocycles. The predicted octanol–water partition coefficient (Wildman–Crippen LogP) is 3.36. The van der Waals surface area contributed by atoms with E-state index in [0.717, 1.165) is 12.1 Å². The van der Waals surface area contributed by atoms with Gasteiger partial charge in [0.2, 0.25) is 0 Å². The molecule has 3 nitrogen and oxygen atoms in total. The van der Waals surface area contributed by atoms with Crippen LogP contribution in [0.4, 0.5) is 23.7 Å². The summed E-state index contributed by atoms with van der Waals surface area (Å²) in [4.78, 5) is 12.7. The van der Waals surface area contributed by atoms with Crippen molar-refractivity contribution in [3.63, 3.8) is 0 Å². The highest BCUT2D eigenvalue weighted by molar-refractivity contribution is 5.89. The van der Waals surface area contributed by atoms with Crippen molar-refractivity contribution in [2.24, 2.45) is 0 Å². The standard InChI is InChI=1S/C12H12F3NO2/c1-7-3-9(12(13,14)15)5-10(4-7)16-6-8(2)18-11(16)17/h3-5,8H,6H2,1-2H3. The number of hydrogen-bond donors (Lipinski definition) is 0. The van der Waals surface area contributed by atoms with E-state index < -0.39 is 17.8 Å². The molecule has 1 aromatic rings. The monoisotopic (exact) mass is 259 g/mol. The Kier molecular flexibility index (Phi) is 2.96. The van der Waals surface area contributed by atoms with Crippen LogP contribution < -0.4 is 4.90 Å². The van der Waals surface area contributed by atoms with Crippen LogP contribution in [-0.4, -0.2) is 18.7 Å². The minimum Gasteiger partial charge on any atom is -0.444 e. The average Bonchev–Trinajstić information content (AvgIpc) is 2.55. The number of benzene rings is 1. The van der Waals surface area contributed by atoms with E-state index in [-0.39, 0.29) is 18.3 Å². The molecule has 98 valence electrons. The quantitative estimate of drug-likeness (QED) is 0.774. The van der Waals surface area contributed by atoms with Gasteiger partial charge < -0.3 is 4.74 Å². The SMILES string of the molecule is Cc1cc(N2CC(C)OC2=O)cc(C(F)(F)F)c1. The molecule has 1 fully saturated rings. The van der Waals surface area contributed by atoms with Gasteiger partial charge in [-0.05, 0) is 37.6 Å². The number of hydrogen-bond acceptors (Lipinski definition) is 2. The van der Waals surface area contributed by atoms with Crippen LogP contribution in [0.25, 0.3) is 0 Å². The number of nitrogens with zero attached hydrogens (tertiary/aromatic N) is 1. The molecule has 2 rings (SSSR count). The highest BCUT2D eigenvalue weighted by atomic mass is 19.4. The Morgan fingerprint density at radius 1 is 1.33 bits per heavy atom. The summed E-state index contributed by atoms with van der Waals surface area (Å²) in [7, 11) is 0. The Hall–Kier alpha value is -1.72. The smallest absolute Gasteiger partial charge is 0.416 e. The topological polar surface area (TPSA) is 29.5 Å². The lowest BCUT2D eigenvalue weighted by Crippen LogP contribution is -2.24. The Morgan fingerprint density at radius 3 is 2.50 bits per heavy atom. The summed E-state index contributed by atoms with van der Waals surface area (Å²) in [5.41, 5.74) is -0.0892. The van der Waals surface area contributed by atoms with Gasteiger partial charge in [0, 0.05) is 5.69 Å². The predicted molar refractivity (Wildman–Crippen MR) is 59.5 cm³/mol. The Morgan fingerprint density at radius 2 is 2.00 bits per heavy atom. The van der Waals surface area contributed by atoms with Gasteiger partial charge in [-0.25, -0.2) is 4.79 Å². The van der Waals surface area contributed by atoms with Gasteiger partial charge >= 0.3 is 12.3 Å². The van der Waals surface area contributed by atoms with Gasteiger partial charge in [-0.1, -0.05) is 0 Å². The van der Waals surface area contributed by atoms with Crippen LogP contribution in [0.3, 0.4) is 0 Å². The van der Waals surface area contributed by atoms with Crippen LogP contribution in [0.15, 0.2) is 18.2 Å². The molecular weight excluding hydrogens is 247 g/mol. The van der Waals surface area contributed by atoms with Crippen molar-refractivity contribution >= 4 is 11.8 Å². The maximum Gasteiger partial charge on any atom is 0.416 e. The number of ether oxygens (including phenoxy) is 1. The highest BCUT2D eigenvalue weighted by Gasteiger charge is 2.34. The van der Waals surface area contributed by atoms with Gasteiger partial charge in [-0.3, -0.25) is 4.90 Å². The minimum absolute atomic E-state index is 0.219. The number of anilines is 1. The van der Waals surface area contributed by atoms with E-state index in [4.69, 9.17) is 4.74 Å². The zero-order valence-electron chi connectivity index (χ0n) is 9.91. The summed E-state index contributed by atoms with van der Waals surface area (Å²) in [5.74, 6) is 0. The third kappa shape index (κ3) is 2.42. The molecule has 6 heteroatoms. The summed E-state index contributed by atoms with van der Waals surface area (Å²) in [6.07, 6.45) is -5.34. The van der Waals surface area contributed by atoms with Crippen LogP contribution in [0, 0.1) is 6.92 Å². The summed E-state index contributed by atoms with van der Waals surface area (Å²) < 4.78 is 42.9. The maximum atomic E-state index is 12.7. The first-order valence-electron chi connectivity index (χ1n) is 5.44. The molecule has 1 aromatic carbocycles. The summed E-state index contributed by atoms with van der Waals surface area (Å²) >= 11 is 0. The van der Waals surface area contributed by atoms with Crippen LogP contribution in [0.5, 0.6) is 0 Å². The number of alkyl halides is 3. The zero-order chi connectivity index (χ0) is 13.5. The number of cyclic esters (lactones) is 1. The zero-order valence-corrected chi connectivity index (χ0v) is 9.91. The molecule has 1 unspecified atom stereocenters. The number of carbonyl (C=O) groups is 1. The third-order valence-electron chi connectivity index (χ3n) is 2.66. The first kappa shape index (κ1) is 12.7. The molecule has 1 aliphatic rings. The van der Waals surface area contributed by atoms with Gasteiger partial charge in [0.15, 0.2) is 0 Å². The van der Waals surface area contributed by atoms with Gasteiger partial charge in [-0.15, -0.1) is 0 Å². The molecule has 1 atom stereocenters. The van der Waals surface area contributed by atoms with Crippen LogP contribution in [-0.2, 0) is 10.9 Å². The van der Waals surface area contributed by atoms with Crippen molar-refractivity contribution in [1.82, 2.24) is 0 Å². The summed E-state index contributed by atoms with van der Waals surface area (Å²) in [5, 5.41) is 0. The lowest BCUT2D eigenvalue weighted by molar-refractivity contribution is -0.137. The molecule has 18 heavy (non-hydrogen) atoms. The normalized spacial score (nSPS) is 20.2. The van der Waals surface area contributed by atoms with E-state index in [2.05, 4.69) is 0 Å². The number of aryl methyl sites for hydroxylation is 1. The van der Waals surface area contributed by atoms with Crippen molar-refractivity contribution < 1.29 is 22.7 Å². The third-order valence-corrected chi connectivity index (χ3v) is 2.66. The van der Waals surface area contributed by atoms with Gasteiger partial charge in [0.1, 0.15) is 6.10 Å². The molecule has 0 bridgehead atoms. The molecule has 1 amide bonds. The Labute approximate surface area is 102 Å². The van der Waals surface area contributed by atoms with Crippen molar-refractivity contribution in [1.29, 1.82) is 0 Å². The van der Waals surface area contributed by atoms with Crippen molar-refractivity contribution in [2.45, 2.75) is 26.1 Å². The maximum absolute atomic E-state index is 12.7. The second kappa shape index (κ2) is 4.19. The fourth-order valence-corrected chi connectivity index (χ4v) is 1.90. The first-order valence-corrected chi connectivity index (χ1v) is 5.44. The molecule has 1 saturated heterocycles. The summed E-state index contributed by atoms with van der Waals surface area (Å²) in [6, 6.07) is 3.55. The van der Waals surface area contributed by atoms with E-state index in [9.17, 15) is 18.0 Å². The van der Waals surface area contributed by atoms with Crippen molar-refractivity contribution in [3.8, 4) is 0 Å². The van der Waals surface area contributed by atoms with E-state index in [1.54, 1.807) is 13.8 Å². The lowest BCUT2D eigenvalue weighted by atomic mass is 10.1. The largest absolute Gasteiger partial charge is 0.444 e. The van der Waals surface area contributed by atoms with Crippen LogP contribution >= 0.6 is 0 Å². The highest BCUT2D eigenvalue weighted by Crippen LogP contribution is 2.33. The van der Waals surface area contributed by atoms with Crippen molar-refractivity contribution in [2.75, 3.05) is 11.4 Å². The van der Waals surface area contributed by atoms with Crippen molar-refractivity contribution in [3.05, 3.63) is 29.3 Å². The van der Waals surface area contributed by atoms with Gasteiger partial charge in [-0.2, -0.15) is 13.2 Å². The first-order chi connectivity index (χ1) is 8.27. The molecule has 0 saturated carbocycles. The molecule has 1 aliphatic heterocycles. The fraction of sp³-hybridized carbons (Fsp3) is 0.417. The van der Waals surface area contributed by atoms with Gasteiger partial charge in [0.05, 0.1) is 12.1 Å². The number of amides is 1. The average molecular weight is 259 g/mol. The summed E-state index contributed by atoms with van der Waals surface area (Å²) in [6.45, 7) is 3.52. The molecule has 0 spiro atoms. The molecule has 0 aliphatic carbocycles. The van der Waals surface area contributed by atoms with E-state index in [1.807, 2.05) is 0 Å². The second-order valence-electron chi connectivity index (χ2n) is 4.36. The number of carbonyl (C=O) groups excluding carboxylic acids is 1. The number of rotatable bonds is 1. The van der Waals surface area contributed by atoms with Crippen LogP contribution in [0.1, 0.15) is 18.1 Å². The molecule has 0 N–H and O–H groups in total. The Balaban J connectivity index is 2.40. The lowest BCUT2D eigenvalue weighted by Gasteiger charge is -2.16. The number of halogens is 3. The fourth-order valence-electron chi connectivity index (χ4n) is 1.90. The van der Waals surface area contributed by atoms with Gasteiger partial charge in [0.25, 0.3) is 0 Å². The van der Waals surface area contributed by atoms with Crippen LogP contribution in [0.2, 0.25) is 0 Å². The van der Waals surface area contributed by atoms with E-state index in [1.165, 1.54) is 11.0 Å². The van der Waals surface area contributed by atoms with E-state index >= 15 is 0 Å². The minimum atomic E-state index is -4.42. The molecular formula is C12H12F3NO2. The molecule has 0 aromatic heterocycles.